The maximum Gasteiger partial charge on any atom is 0.280 e. The highest BCUT2D eigenvalue weighted by Gasteiger charge is 2.26. The number of nitrogens with zero attached hydrogens (tertiary/aromatic N) is 6. The molecule has 9 nitrogen and oxygen atoms in total. The van der Waals surface area contributed by atoms with Gasteiger partial charge in [0.25, 0.3) is 11.8 Å². The normalized spacial score (nSPS) is 15.1. The van der Waals surface area contributed by atoms with Crippen molar-refractivity contribution in [3.8, 4) is 17.3 Å². The van der Waals surface area contributed by atoms with E-state index in [1.807, 2.05) is 15.8 Å². The van der Waals surface area contributed by atoms with Crippen LogP contribution in [0, 0.1) is 6.92 Å². The van der Waals surface area contributed by atoms with Crippen LogP contribution in [0.2, 0.25) is 0 Å². The number of carbonyl (C=O) groups is 1. The van der Waals surface area contributed by atoms with Crippen molar-refractivity contribution in [1.82, 2.24) is 30.0 Å². The minimum atomic E-state index is 0.0386. The summed E-state index contributed by atoms with van der Waals surface area (Å²) in [6.07, 6.45) is 3.44. The van der Waals surface area contributed by atoms with E-state index in [1.54, 1.807) is 38.3 Å². The van der Waals surface area contributed by atoms with E-state index >= 15 is 0 Å². The summed E-state index contributed by atoms with van der Waals surface area (Å²) in [6, 6.07) is 7.38. The van der Waals surface area contributed by atoms with Gasteiger partial charge in [-0.3, -0.25) is 4.79 Å². The molecule has 0 atom stereocenters. The Bertz CT molecular complexity index is 925. The van der Waals surface area contributed by atoms with Crippen molar-refractivity contribution in [2.45, 2.75) is 25.8 Å². The monoisotopic (exact) mass is 368 g/mol. The number of piperidine rings is 1. The Hall–Kier alpha value is -3.23. The summed E-state index contributed by atoms with van der Waals surface area (Å²) in [6.45, 7) is 3.10. The van der Waals surface area contributed by atoms with Crippen LogP contribution >= 0.6 is 0 Å². The zero-order chi connectivity index (χ0) is 18.8. The number of methoxy groups -OCH3 is 1. The maximum absolute atomic E-state index is 12.7. The van der Waals surface area contributed by atoms with E-state index in [0.717, 1.165) is 18.6 Å². The Labute approximate surface area is 155 Å². The zero-order valence-electron chi connectivity index (χ0n) is 15.2. The molecule has 27 heavy (non-hydrogen) atoms. The standard InChI is InChI=1S/C18H20N6O3/c1-12-19-17(27-21-12)16-11-24(22-20-16)14-7-9-23(10-8-14)18(25)13-3-5-15(26-2)6-4-13/h3-6,11,14H,7-10H2,1-2H3. The summed E-state index contributed by atoms with van der Waals surface area (Å²) in [4.78, 5) is 18.7. The molecule has 1 saturated heterocycles. The molecule has 1 amide bonds. The fourth-order valence-electron chi connectivity index (χ4n) is 3.20. The van der Waals surface area contributed by atoms with E-state index in [2.05, 4.69) is 20.5 Å². The van der Waals surface area contributed by atoms with Crippen molar-refractivity contribution in [2.24, 2.45) is 0 Å². The summed E-state index contributed by atoms with van der Waals surface area (Å²) in [5, 5.41) is 12.1. The van der Waals surface area contributed by atoms with Crippen LogP contribution in [0.4, 0.5) is 0 Å². The molecular weight excluding hydrogens is 348 g/mol. The summed E-state index contributed by atoms with van der Waals surface area (Å²) >= 11 is 0. The molecule has 140 valence electrons. The van der Waals surface area contributed by atoms with Gasteiger partial charge in [0, 0.05) is 18.7 Å². The molecule has 9 heteroatoms. The van der Waals surface area contributed by atoms with Crippen molar-refractivity contribution in [1.29, 1.82) is 0 Å². The molecule has 1 fully saturated rings. The van der Waals surface area contributed by atoms with Crippen LogP contribution in [0.15, 0.2) is 35.0 Å². The number of hydrogen-bond donors (Lipinski definition) is 0. The smallest absolute Gasteiger partial charge is 0.280 e. The van der Waals surface area contributed by atoms with Crippen molar-refractivity contribution in [2.75, 3.05) is 20.2 Å². The van der Waals surface area contributed by atoms with Crippen molar-refractivity contribution in [3.05, 3.63) is 41.9 Å². The third-order valence-corrected chi connectivity index (χ3v) is 4.72. The fraction of sp³-hybridized carbons (Fsp3) is 0.389. The van der Waals surface area contributed by atoms with Gasteiger partial charge in [0.1, 0.15) is 5.75 Å². The van der Waals surface area contributed by atoms with Crippen LogP contribution in [0.5, 0.6) is 5.75 Å². The number of ether oxygens (including phenoxy) is 1. The minimum Gasteiger partial charge on any atom is -0.497 e. The number of carbonyl (C=O) groups excluding carboxylic acids is 1. The Morgan fingerprint density at radius 1 is 1.22 bits per heavy atom. The van der Waals surface area contributed by atoms with Gasteiger partial charge in [-0.1, -0.05) is 10.4 Å². The second kappa shape index (κ2) is 7.18. The van der Waals surface area contributed by atoms with Crippen LogP contribution in [-0.2, 0) is 0 Å². The van der Waals surface area contributed by atoms with Gasteiger partial charge in [0.2, 0.25) is 0 Å². The quantitative estimate of drug-likeness (QED) is 0.695. The molecule has 0 radical (unpaired) electrons. The fourth-order valence-corrected chi connectivity index (χ4v) is 3.20. The summed E-state index contributed by atoms with van der Waals surface area (Å²) in [5.41, 5.74) is 1.23. The topological polar surface area (TPSA) is 99.2 Å². The highest BCUT2D eigenvalue weighted by Crippen LogP contribution is 2.25. The Morgan fingerprint density at radius 3 is 2.59 bits per heavy atom. The molecule has 1 aliphatic rings. The molecule has 0 bridgehead atoms. The lowest BCUT2D eigenvalue weighted by atomic mass is 10.0. The molecule has 0 aliphatic carbocycles. The van der Waals surface area contributed by atoms with Gasteiger partial charge in [-0.05, 0) is 44.0 Å². The van der Waals surface area contributed by atoms with Gasteiger partial charge in [0.15, 0.2) is 11.5 Å². The molecule has 0 N–H and O–H groups in total. The average Bonchev–Trinajstić information content (AvgIpc) is 3.37. The lowest BCUT2D eigenvalue weighted by Crippen LogP contribution is -2.39. The molecular formula is C18H20N6O3. The van der Waals surface area contributed by atoms with Crippen LogP contribution in [-0.4, -0.2) is 56.1 Å². The van der Waals surface area contributed by atoms with Crippen LogP contribution in [0.3, 0.4) is 0 Å². The van der Waals surface area contributed by atoms with Crippen LogP contribution < -0.4 is 4.74 Å². The number of hydrogen-bond acceptors (Lipinski definition) is 7. The first kappa shape index (κ1) is 17.2. The second-order valence-corrected chi connectivity index (χ2v) is 6.48. The number of benzene rings is 1. The Balaban J connectivity index is 1.38. The molecule has 3 aromatic rings. The van der Waals surface area contributed by atoms with Crippen molar-refractivity contribution in [3.63, 3.8) is 0 Å². The highest BCUT2D eigenvalue weighted by atomic mass is 16.5. The predicted octanol–water partition coefficient (Wildman–Crippen LogP) is 2.12. The Kier molecular flexibility index (Phi) is 4.57. The summed E-state index contributed by atoms with van der Waals surface area (Å²) in [5.74, 6) is 1.70. The molecule has 0 unspecified atom stereocenters. The van der Waals surface area contributed by atoms with E-state index in [9.17, 15) is 4.79 Å². The predicted molar refractivity (Wildman–Crippen MR) is 95.2 cm³/mol. The number of aromatic nitrogens is 5. The first-order chi connectivity index (χ1) is 13.1. The first-order valence-electron chi connectivity index (χ1n) is 8.80. The number of amides is 1. The summed E-state index contributed by atoms with van der Waals surface area (Å²) in [7, 11) is 1.61. The summed E-state index contributed by atoms with van der Waals surface area (Å²) < 4.78 is 12.1. The average molecular weight is 368 g/mol. The van der Waals surface area contributed by atoms with Gasteiger partial charge < -0.3 is 14.2 Å². The molecule has 1 aromatic carbocycles. The van der Waals surface area contributed by atoms with Gasteiger partial charge in [-0.25, -0.2) is 4.68 Å². The highest BCUT2D eigenvalue weighted by molar-refractivity contribution is 5.94. The maximum atomic E-state index is 12.7. The van der Waals surface area contributed by atoms with E-state index < -0.39 is 0 Å². The second-order valence-electron chi connectivity index (χ2n) is 6.48. The van der Waals surface area contributed by atoms with E-state index in [4.69, 9.17) is 9.26 Å². The Morgan fingerprint density at radius 2 is 1.96 bits per heavy atom. The molecule has 2 aromatic heterocycles. The largest absolute Gasteiger partial charge is 0.497 e. The zero-order valence-corrected chi connectivity index (χ0v) is 15.2. The number of likely N-dealkylation sites (tertiary alicyclic amines) is 1. The lowest BCUT2D eigenvalue weighted by Gasteiger charge is -2.31. The SMILES string of the molecule is COc1ccc(C(=O)N2CCC(n3cc(-c4nc(C)no4)nn3)CC2)cc1. The molecule has 0 spiro atoms. The van der Waals surface area contributed by atoms with Gasteiger partial charge in [0.05, 0.1) is 19.3 Å². The first-order valence-corrected chi connectivity index (χ1v) is 8.80. The lowest BCUT2D eigenvalue weighted by molar-refractivity contribution is 0.0689. The van der Waals surface area contributed by atoms with E-state index in [0.29, 0.717) is 36.1 Å². The number of aryl methyl sites for hydroxylation is 1. The van der Waals surface area contributed by atoms with E-state index in [1.165, 1.54) is 0 Å². The van der Waals surface area contributed by atoms with Crippen LogP contribution in [0.25, 0.3) is 11.6 Å². The molecule has 3 heterocycles. The van der Waals surface area contributed by atoms with Crippen LogP contribution in [0.1, 0.15) is 35.1 Å². The number of rotatable bonds is 4. The third kappa shape index (κ3) is 3.53. The van der Waals surface area contributed by atoms with Gasteiger partial charge >= 0.3 is 0 Å². The molecule has 0 saturated carbocycles. The van der Waals surface area contributed by atoms with Crippen molar-refractivity contribution >= 4 is 5.91 Å². The van der Waals surface area contributed by atoms with Crippen molar-refractivity contribution < 1.29 is 14.1 Å². The third-order valence-electron chi connectivity index (χ3n) is 4.72. The van der Waals surface area contributed by atoms with Gasteiger partial charge in [-0.2, -0.15) is 4.98 Å². The minimum absolute atomic E-state index is 0.0386. The van der Waals surface area contributed by atoms with Gasteiger partial charge in [-0.15, -0.1) is 5.10 Å². The molecule has 4 rings (SSSR count). The van der Waals surface area contributed by atoms with E-state index in [-0.39, 0.29) is 11.9 Å². The molecule has 1 aliphatic heterocycles.